The highest BCUT2D eigenvalue weighted by molar-refractivity contribution is 5.43. The van der Waals surface area contributed by atoms with E-state index in [1.807, 2.05) is 12.1 Å². The van der Waals surface area contributed by atoms with Crippen molar-refractivity contribution in [3.05, 3.63) is 53.5 Å². The standard InChI is InChI=1S/C14H12FN3O/c1-19-14-3-2-13(9-18-14)17-8-11-4-10(7-16)5-12(15)6-11/h2-6,9,17H,8H2,1H3. The van der Waals surface area contributed by atoms with E-state index < -0.39 is 5.82 Å². The second-order valence-corrected chi connectivity index (χ2v) is 3.90. The first-order chi connectivity index (χ1) is 9.21. The van der Waals surface area contributed by atoms with E-state index in [-0.39, 0.29) is 0 Å². The van der Waals surface area contributed by atoms with Crippen LogP contribution in [-0.2, 0) is 6.54 Å². The van der Waals surface area contributed by atoms with Gasteiger partial charge in [-0.3, -0.25) is 0 Å². The number of rotatable bonds is 4. The zero-order valence-electron chi connectivity index (χ0n) is 10.4. The summed E-state index contributed by atoms with van der Waals surface area (Å²) in [5.74, 6) is 0.117. The average molecular weight is 257 g/mol. The van der Waals surface area contributed by atoms with Crippen LogP contribution in [0.2, 0.25) is 0 Å². The van der Waals surface area contributed by atoms with E-state index in [1.54, 1.807) is 25.4 Å². The molecule has 0 aliphatic rings. The Bertz CT molecular complexity index is 605. The summed E-state index contributed by atoms with van der Waals surface area (Å²) in [6.45, 7) is 0.417. The van der Waals surface area contributed by atoms with Crippen molar-refractivity contribution in [3.63, 3.8) is 0 Å². The molecule has 0 spiro atoms. The summed E-state index contributed by atoms with van der Waals surface area (Å²) < 4.78 is 18.2. The number of ether oxygens (including phenoxy) is 1. The van der Waals surface area contributed by atoms with Gasteiger partial charge in [0.1, 0.15) is 5.82 Å². The molecule has 0 aliphatic heterocycles. The number of benzene rings is 1. The van der Waals surface area contributed by atoms with E-state index in [0.29, 0.717) is 23.6 Å². The fourth-order valence-corrected chi connectivity index (χ4v) is 1.63. The number of hydrogen-bond donors (Lipinski definition) is 1. The number of halogens is 1. The highest BCUT2D eigenvalue weighted by Gasteiger charge is 2.01. The SMILES string of the molecule is COc1ccc(NCc2cc(F)cc(C#N)c2)cn1. The molecule has 0 saturated carbocycles. The molecule has 0 unspecified atom stereocenters. The highest BCUT2D eigenvalue weighted by Crippen LogP contribution is 2.14. The van der Waals surface area contributed by atoms with Crippen molar-refractivity contribution in [2.45, 2.75) is 6.54 Å². The van der Waals surface area contributed by atoms with Crippen molar-refractivity contribution in [2.24, 2.45) is 0 Å². The van der Waals surface area contributed by atoms with E-state index in [0.717, 1.165) is 5.69 Å². The van der Waals surface area contributed by atoms with Gasteiger partial charge in [-0.25, -0.2) is 9.37 Å². The van der Waals surface area contributed by atoms with Gasteiger partial charge >= 0.3 is 0 Å². The van der Waals surface area contributed by atoms with E-state index in [9.17, 15) is 4.39 Å². The van der Waals surface area contributed by atoms with Crippen molar-refractivity contribution < 1.29 is 9.13 Å². The van der Waals surface area contributed by atoms with Crippen LogP contribution in [0, 0.1) is 17.1 Å². The molecule has 1 aromatic heterocycles. The summed E-state index contributed by atoms with van der Waals surface area (Å²) in [6.07, 6.45) is 1.63. The Morgan fingerprint density at radius 1 is 1.37 bits per heavy atom. The van der Waals surface area contributed by atoms with Crippen molar-refractivity contribution in [1.82, 2.24) is 4.98 Å². The number of hydrogen-bond acceptors (Lipinski definition) is 4. The van der Waals surface area contributed by atoms with Gasteiger partial charge in [-0.2, -0.15) is 5.26 Å². The zero-order valence-corrected chi connectivity index (χ0v) is 10.4. The molecule has 19 heavy (non-hydrogen) atoms. The fraction of sp³-hybridized carbons (Fsp3) is 0.143. The van der Waals surface area contributed by atoms with Crippen LogP contribution in [0.4, 0.5) is 10.1 Å². The first-order valence-electron chi connectivity index (χ1n) is 5.65. The molecule has 0 atom stereocenters. The molecule has 0 amide bonds. The van der Waals surface area contributed by atoms with Crippen molar-refractivity contribution >= 4 is 5.69 Å². The monoisotopic (exact) mass is 257 g/mol. The van der Waals surface area contributed by atoms with Gasteiger partial charge in [0.05, 0.1) is 30.6 Å². The molecule has 0 saturated heterocycles. The van der Waals surface area contributed by atoms with Crippen molar-refractivity contribution in [2.75, 3.05) is 12.4 Å². The van der Waals surface area contributed by atoms with Crippen molar-refractivity contribution in [1.29, 1.82) is 5.26 Å². The summed E-state index contributed by atoms with van der Waals surface area (Å²) in [6, 6.07) is 9.72. The number of anilines is 1. The molecular formula is C14H12FN3O. The van der Waals surface area contributed by atoms with Crippen LogP contribution >= 0.6 is 0 Å². The summed E-state index contributed by atoms with van der Waals surface area (Å²) in [5, 5.41) is 11.9. The molecule has 2 aromatic rings. The Morgan fingerprint density at radius 3 is 2.84 bits per heavy atom. The molecule has 5 heteroatoms. The second kappa shape index (κ2) is 5.83. The van der Waals surface area contributed by atoms with Gasteiger partial charge in [-0.05, 0) is 29.8 Å². The Morgan fingerprint density at radius 2 is 2.21 bits per heavy atom. The van der Waals surface area contributed by atoms with E-state index in [4.69, 9.17) is 10.00 Å². The molecule has 0 radical (unpaired) electrons. The predicted molar refractivity (Wildman–Crippen MR) is 69.2 cm³/mol. The maximum Gasteiger partial charge on any atom is 0.213 e. The Labute approximate surface area is 110 Å². The lowest BCUT2D eigenvalue weighted by molar-refractivity contribution is 0.398. The molecule has 0 aliphatic carbocycles. The maximum absolute atomic E-state index is 13.2. The summed E-state index contributed by atoms with van der Waals surface area (Å²) in [7, 11) is 1.55. The first kappa shape index (κ1) is 12.8. The first-order valence-corrected chi connectivity index (χ1v) is 5.65. The third-order valence-corrected chi connectivity index (χ3v) is 2.53. The van der Waals surface area contributed by atoms with Crippen LogP contribution in [0.3, 0.4) is 0 Å². The van der Waals surface area contributed by atoms with Gasteiger partial charge in [0.25, 0.3) is 0 Å². The van der Waals surface area contributed by atoms with Gasteiger partial charge in [0.15, 0.2) is 0 Å². The predicted octanol–water partition coefficient (Wildman–Crippen LogP) is 2.71. The third kappa shape index (κ3) is 3.42. The molecular weight excluding hydrogens is 245 g/mol. The number of nitrogens with zero attached hydrogens (tertiary/aromatic N) is 2. The number of nitrogens with one attached hydrogen (secondary N) is 1. The lowest BCUT2D eigenvalue weighted by Crippen LogP contribution is -2.01. The van der Waals surface area contributed by atoms with Crippen LogP contribution in [0.1, 0.15) is 11.1 Å². The molecule has 0 bridgehead atoms. The Hall–Kier alpha value is -2.61. The fourth-order valence-electron chi connectivity index (χ4n) is 1.63. The minimum absolute atomic E-state index is 0.310. The lowest BCUT2D eigenvalue weighted by Gasteiger charge is -2.07. The second-order valence-electron chi connectivity index (χ2n) is 3.90. The minimum Gasteiger partial charge on any atom is -0.481 e. The Kier molecular flexibility index (Phi) is 3.94. The van der Waals surface area contributed by atoms with Gasteiger partial charge < -0.3 is 10.1 Å². The van der Waals surface area contributed by atoms with Crippen molar-refractivity contribution in [3.8, 4) is 11.9 Å². The average Bonchev–Trinajstić information content (AvgIpc) is 2.45. The largest absolute Gasteiger partial charge is 0.481 e. The van der Waals surface area contributed by atoms with Gasteiger partial charge in [0, 0.05) is 12.6 Å². The quantitative estimate of drug-likeness (QED) is 0.914. The number of methoxy groups -OCH3 is 1. The van der Waals surface area contributed by atoms with Crippen LogP contribution in [0.25, 0.3) is 0 Å². The molecule has 96 valence electrons. The maximum atomic E-state index is 13.2. The summed E-state index contributed by atoms with van der Waals surface area (Å²) in [4.78, 5) is 4.05. The van der Waals surface area contributed by atoms with Gasteiger partial charge in [0.2, 0.25) is 5.88 Å². The van der Waals surface area contributed by atoms with Crippen LogP contribution in [-0.4, -0.2) is 12.1 Å². The molecule has 1 N–H and O–H groups in total. The van der Waals surface area contributed by atoms with Crippen LogP contribution in [0.15, 0.2) is 36.5 Å². The van der Waals surface area contributed by atoms with Gasteiger partial charge in [-0.1, -0.05) is 0 Å². The summed E-state index contributed by atoms with van der Waals surface area (Å²) in [5.41, 5.74) is 1.81. The summed E-state index contributed by atoms with van der Waals surface area (Å²) >= 11 is 0. The number of pyridine rings is 1. The number of nitriles is 1. The molecule has 1 heterocycles. The topological polar surface area (TPSA) is 57.9 Å². The van der Waals surface area contributed by atoms with Gasteiger partial charge in [-0.15, -0.1) is 0 Å². The van der Waals surface area contributed by atoms with E-state index in [2.05, 4.69) is 10.3 Å². The van der Waals surface area contributed by atoms with E-state index in [1.165, 1.54) is 12.1 Å². The highest BCUT2D eigenvalue weighted by atomic mass is 19.1. The minimum atomic E-state index is -0.413. The zero-order chi connectivity index (χ0) is 13.7. The molecule has 4 nitrogen and oxygen atoms in total. The third-order valence-electron chi connectivity index (χ3n) is 2.53. The van der Waals surface area contributed by atoms with Crippen LogP contribution < -0.4 is 10.1 Å². The molecule has 0 fully saturated rings. The lowest BCUT2D eigenvalue weighted by atomic mass is 10.1. The number of aromatic nitrogens is 1. The normalized spacial score (nSPS) is 9.74. The Balaban J connectivity index is 2.05. The van der Waals surface area contributed by atoms with Crippen LogP contribution in [0.5, 0.6) is 5.88 Å². The smallest absolute Gasteiger partial charge is 0.213 e. The molecule has 1 aromatic carbocycles. The molecule has 2 rings (SSSR count). The van der Waals surface area contributed by atoms with E-state index >= 15 is 0 Å².